The molecule has 4 aromatic rings. The largest absolute Gasteiger partial charge is 0.438 e. The molecule has 4 N–H and O–H groups in total. The highest BCUT2D eigenvalue weighted by molar-refractivity contribution is 5.68. The van der Waals surface area contributed by atoms with Crippen molar-refractivity contribution in [2.24, 2.45) is 0 Å². The minimum atomic E-state index is -0.369. The summed E-state index contributed by atoms with van der Waals surface area (Å²) in [5.41, 5.74) is 0. The van der Waals surface area contributed by atoms with Crippen molar-refractivity contribution >= 4 is 24.4 Å². The first-order valence-electron chi connectivity index (χ1n) is 23.7. The van der Waals surface area contributed by atoms with E-state index in [1.165, 1.54) is 0 Å². The summed E-state index contributed by atoms with van der Waals surface area (Å²) in [6, 6.07) is 0. The van der Waals surface area contributed by atoms with E-state index in [-0.39, 0.29) is 48.8 Å². The summed E-state index contributed by atoms with van der Waals surface area (Å²) < 4.78 is 29.9. The molecule has 8 rings (SSSR count). The maximum Gasteiger partial charge on any atom is 0.407 e. The van der Waals surface area contributed by atoms with Crippen molar-refractivity contribution in [3.05, 3.63) is 72.9 Å². The molecule has 3 unspecified atom stereocenters. The lowest BCUT2D eigenvalue weighted by Crippen LogP contribution is -2.26. The van der Waals surface area contributed by atoms with Gasteiger partial charge in [-0.3, -0.25) is 0 Å². The van der Waals surface area contributed by atoms with Gasteiger partial charge in [0.25, 0.3) is 0 Å². The van der Waals surface area contributed by atoms with Crippen LogP contribution in [0, 0.1) is 0 Å². The minimum absolute atomic E-state index is 0.233. The SMILES string of the molecule is O=C(NCCCCCCCCCNC(=O)OC1CCn2ccnc21)OC1CCn2ccnc21.O=C(NCCCCCCCCNC(=O)O[C@@H]1CCn2ccnc21)OC1CCn2ccnc21. The van der Waals surface area contributed by atoms with E-state index < -0.39 is 0 Å². The van der Waals surface area contributed by atoms with Gasteiger partial charge in [0.15, 0.2) is 24.4 Å². The molecule has 0 saturated carbocycles. The molecule has 0 saturated heterocycles. The number of alkyl carbamates (subject to hydrolysis) is 4. The smallest absolute Gasteiger partial charge is 0.407 e. The fraction of sp³-hybridized carbons (Fsp3) is 0.644. The fourth-order valence-electron chi connectivity index (χ4n) is 8.72. The van der Waals surface area contributed by atoms with Gasteiger partial charge in [0, 0.05) is 128 Å². The second kappa shape index (κ2) is 24.8. The Morgan fingerprint density at radius 3 is 0.831 bits per heavy atom. The third-order valence-electron chi connectivity index (χ3n) is 12.2. The number of nitrogens with one attached hydrogen (secondary N) is 4. The highest BCUT2D eigenvalue weighted by Crippen LogP contribution is 2.30. The quantitative estimate of drug-likeness (QED) is 0.0425. The number of imidazole rings is 4. The van der Waals surface area contributed by atoms with Gasteiger partial charge in [0.05, 0.1) is 0 Å². The van der Waals surface area contributed by atoms with Crippen molar-refractivity contribution in [1.82, 2.24) is 59.5 Å². The van der Waals surface area contributed by atoms with Crippen molar-refractivity contribution < 1.29 is 38.1 Å². The van der Waals surface area contributed by atoms with Crippen LogP contribution in [0.5, 0.6) is 0 Å². The number of aromatic nitrogens is 8. The van der Waals surface area contributed by atoms with Crippen molar-refractivity contribution in [3.63, 3.8) is 0 Å². The molecule has 20 heteroatoms. The molecule has 20 nitrogen and oxygen atoms in total. The normalized spacial score (nSPS) is 18.6. The molecule has 0 radical (unpaired) electrons. The number of ether oxygens (including phenoxy) is 4. The molecular weight excluding hydrogens is 837 g/mol. The van der Waals surface area contributed by atoms with E-state index in [1.807, 2.05) is 43.1 Å². The Labute approximate surface area is 379 Å². The first-order valence-corrected chi connectivity index (χ1v) is 23.7. The Morgan fingerprint density at radius 2 is 0.600 bits per heavy atom. The second-order valence-corrected chi connectivity index (χ2v) is 16.9. The van der Waals surface area contributed by atoms with E-state index in [9.17, 15) is 19.2 Å². The number of hydrogen-bond acceptors (Lipinski definition) is 12. The number of fused-ring (bicyclic) bond motifs is 4. The zero-order valence-corrected chi connectivity index (χ0v) is 37.4. The van der Waals surface area contributed by atoms with Crippen LogP contribution in [-0.4, -0.2) is 88.8 Å². The summed E-state index contributed by atoms with van der Waals surface area (Å²) in [4.78, 5) is 64.7. The monoisotopic (exact) mass is 903 g/mol. The summed E-state index contributed by atoms with van der Waals surface area (Å²) in [6.45, 7) is 5.88. The summed E-state index contributed by atoms with van der Waals surface area (Å²) in [7, 11) is 0. The van der Waals surface area contributed by atoms with Crippen LogP contribution in [0.3, 0.4) is 0 Å². The van der Waals surface area contributed by atoms with Crippen molar-refractivity contribution in [3.8, 4) is 0 Å². The van der Waals surface area contributed by atoms with Crippen molar-refractivity contribution in [2.45, 2.75) is 160 Å². The standard InChI is InChI=1S/C23H34N6O4.C22H32N6O4/c30-22(32-18-8-14-28-16-12-24-20(18)28)26-10-6-4-2-1-3-5-7-11-27-23(31)33-19-9-15-29-17-13-25-21(19)29;29-21(31-17-7-13-27-15-11-23-19(17)27)25-9-5-3-1-2-4-6-10-26-22(30)32-18-8-14-28-16-12-24-20(18)28/h12-13,16-19H,1-11,14-15H2,(H,26,30)(H,27,31);11-12,15-18H,1-10,13-14H2,(H,25,29)(H,26,30)/t;17-,18?/m.1/s1. The predicted octanol–water partition coefficient (Wildman–Crippen LogP) is 7.31. The zero-order valence-electron chi connectivity index (χ0n) is 37.4. The number of hydrogen-bond donors (Lipinski definition) is 4. The Bertz CT molecular complexity index is 1950. The molecule has 4 atom stereocenters. The molecule has 4 amide bonds. The van der Waals surface area contributed by atoms with Gasteiger partial charge >= 0.3 is 24.4 Å². The Kier molecular flexibility index (Phi) is 17.9. The van der Waals surface area contributed by atoms with Gasteiger partial charge in [-0.2, -0.15) is 0 Å². The third-order valence-corrected chi connectivity index (χ3v) is 12.2. The predicted molar refractivity (Wildman–Crippen MR) is 236 cm³/mol. The summed E-state index contributed by atoms with van der Waals surface area (Å²) in [5, 5.41) is 11.3. The van der Waals surface area contributed by atoms with Crippen LogP contribution >= 0.6 is 0 Å². The Hall–Kier alpha value is -6.08. The van der Waals surface area contributed by atoms with Crippen LogP contribution in [0.2, 0.25) is 0 Å². The van der Waals surface area contributed by atoms with E-state index in [1.54, 1.807) is 24.8 Å². The van der Waals surface area contributed by atoms with Crippen LogP contribution in [0.1, 0.15) is 157 Å². The van der Waals surface area contributed by atoms with E-state index in [4.69, 9.17) is 18.9 Å². The molecular formula is C45H66N12O8. The molecule has 0 bridgehead atoms. The van der Waals surface area contributed by atoms with Crippen molar-refractivity contribution in [2.75, 3.05) is 26.2 Å². The second-order valence-electron chi connectivity index (χ2n) is 16.9. The van der Waals surface area contributed by atoms with Gasteiger partial charge in [0.1, 0.15) is 23.3 Å². The molecule has 4 aliphatic rings. The number of amides is 4. The lowest BCUT2D eigenvalue weighted by atomic mass is 10.1. The molecule has 354 valence electrons. The highest BCUT2D eigenvalue weighted by atomic mass is 16.6. The molecule has 0 spiro atoms. The van der Waals surface area contributed by atoms with Crippen LogP contribution < -0.4 is 21.3 Å². The van der Waals surface area contributed by atoms with Crippen LogP contribution in [0.15, 0.2) is 49.6 Å². The third kappa shape index (κ3) is 14.2. The van der Waals surface area contributed by atoms with E-state index >= 15 is 0 Å². The summed E-state index contributed by atoms with van der Waals surface area (Å²) >= 11 is 0. The van der Waals surface area contributed by atoms with Gasteiger partial charge in [-0.15, -0.1) is 0 Å². The molecule has 4 aromatic heterocycles. The van der Waals surface area contributed by atoms with Gasteiger partial charge in [0.2, 0.25) is 0 Å². The Morgan fingerprint density at radius 1 is 0.385 bits per heavy atom. The molecule has 0 fully saturated rings. The van der Waals surface area contributed by atoms with Gasteiger partial charge in [-0.05, 0) is 25.7 Å². The average Bonchev–Trinajstić information content (AvgIpc) is 4.15. The van der Waals surface area contributed by atoms with Crippen LogP contribution in [0.25, 0.3) is 0 Å². The first-order chi connectivity index (χ1) is 31.9. The lowest BCUT2D eigenvalue weighted by Gasteiger charge is -2.12. The average molecular weight is 903 g/mol. The number of carbonyl (C=O) groups is 4. The number of aryl methyl sites for hydroxylation is 4. The molecule has 0 aromatic carbocycles. The number of unbranched alkanes of at least 4 members (excludes halogenated alkanes) is 11. The highest BCUT2D eigenvalue weighted by Gasteiger charge is 2.30. The summed E-state index contributed by atoms with van der Waals surface area (Å²) in [6.07, 6.45) is 29.0. The topological polar surface area (TPSA) is 225 Å². The van der Waals surface area contributed by atoms with Crippen LogP contribution in [0.4, 0.5) is 19.2 Å². The maximum atomic E-state index is 11.9. The summed E-state index contributed by atoms with van der Waals surface area (Å²) in [5.74, 6) is 3.32. The fourth-order valence-corrected chi connectivity index (χ4v) is 8.72. The van der Waals surface area contributed by atoms with E-state index in [0.29, 0.717) is 26.2 Å². The molecule has 8 heterocycles. The van der Waals surface area contributed by atoms with Crippen molar-refractivity contribution in [1.29, 1.82) is 0 Å². The van der Waals surface area contributed by atoms with Gasteiger partial charge in [-0.25, -0.2) is 39.1 Å². The first kappa shape index (κ1) is 46.9. The maximum absolute atomic E-state index is 11.9. The van der Waals surface area contributed by atoms with E-state index in [0.717, 1.165) is 159 Å². The number of rotatable bonds is 23. The zero-order chi connectivity index (χ0) is 45.1. The van der Waals surface area contributed by atoms with Gasteiger partial charge < -0.3 is 58.5 Å². The number of nitrogens with zero attached hydrogens (tertiary/aromatic N) is 8. The number of carbonyl (C=O) groups excluding carboxylic acids is 4. The molecule has 4 aliphatic heterocycles. The van der Waals surface area contributed by atoms with Crippen LogP contribution in [-0.2, 0) is 45.1 Å². The lowest BCUT2D eigenvalue weighted by molar-refractivity contribution is 0.0953. The van der Waals surface area contributed by atoms with E-state index in [2.05, 4.69) is 41.2 Å². The Balaban J connectivity index is 0.000000194. The minimum Gasteiger partial charge on any atom is -0.438 e. The van der Waals surface area contributed by atoms with Gasteiger partial charge in [-0.1, -0.05) is 57.8 Å². The molecule has 65 heavy (non-hydrogen) atoms. The molecule has 0 aliphatic carbocycles.